The number of Topliss-reactive ketones (excluding diaryl/α,β-unsaturated/α-hetero) is 1. The van der Waals surface area contributed by atoms with Gasteiger partial charge in [-0.15, -0.1) is 0 Å². The number of aliphatic carboxylic acids is 1. The van der Waals surface area contributed by atoms with E-state index in [2.05, 4.69) is 10.6 Å². The Hall–Kier alpha value is -1.47. The summed E-state index contributed by atoms with van der Waals surface area (Å²) in [5.74, 6) is -1.10. The molecular weight excluding hydrogens is 334 g/mol. The van der Waals surface area contributed by atoms with E-state index in [4.69, 9.17) is 10.8 Å². The highest BCUT2D eigenvalue weighted by Gasteiger charge is 2.31. The average Bonchev–Trinajstić information content (AvgIpc) is 2.48. The Morgan fingerprint density at radius 2 is 1.58 bits per heavy atom. The third kappa shape index (κ3) is 11.2. The Morgan fingerprint density at radius 1 is 1.00 bits per heavy atom. The van der Waals surface area contributed by atoms with Gasteiger partial charge in [0, 0.05) is 23.9 Å². The Balaban J connectivity index is 4.25. The van der Waals surface area contributed by atoms with Crippen LogP contribution in [0.3, 0.4) is 0 Å². The monoisotopic (exact) mass is 371 g/mol. The zero-order valence-electron chi connectivity index (χ0n) is 17.1. The quantitative estimate of drug-likeness (QED) is 0.411. The maximum atomic E-state index is 12.6. The maximum Gasteiger partial charge on any atom is 0.320 e. The largest absolute Gasteiger partial charge is 0.480 e. The van der Waals surface area contributed by atoms with Crippen LogP contribution in [0, 0.1) is 5.41 Å². The van der Waals surface area contributed by atoms with Crippen LogP contribution in [0.25, 0.3) is 0 Å². The lowest BCUT2D eigenvalue weighted by molar-refractivity contribution is -0.138. The summed E-state index contributed by atoms with van der Waals surface area (Å²) < 4.78 is 0. The van der Waals surface area contributed by atoms with Gasteiger partial charge in [-0.2, -0.15) is 0 Å². The van der Waals surface area contributed by atoms with Crippen molar-refractivity contribution in [1.29, 1.82) is 0 Å². The number of hydrogen-bond donors (Lipinski definition) is 4. The van der Waals surface area contributed by atoms with Crippen molar-refractivity contribution in [2.24, 2.45) is 11.1 Å². The van der Waals surface area contributed by atoms with Crippen LogP contribution < -0.4 is 16.4 Å². The van der Waals surface area contributed by atoms with E-state index in [-0.39, 0.29) is 36.1 Å². The molecule has 0 saturated carbocycles. The minimum Gasteiger partial charge on any atom is -0.480 e. The molecule has 7 nitrogen and oxygen atoms in total. The first-order valence-electron chi connectivity index (χ1n) is 9.31. The topological polar surface area (TPSA) is 122 Å². The van der Waals surface area contributed by atoms with Gasteiger partial charge >= 0.3 is 5.97 Å². The van der Waals surface area contributed by atoms with E-state index in [1.165, 1.54) is 0 Å². The smallest absolute Gasteiger partial charge is 0.320 e. The van der Waals surface area contributed by atoms with Crippen molar-refractivity contribution in [3.63, 3.8) is 0 Å². The van der Waals surface area contributed by atoms with E-state index in [1.807, 2.05) is 41.5 Å². The third-order valence-corrected chi connectivity index (χ3v) is 3.90. The molecule has 1 amide bonds. The summed E-state index contributed by atoms with van der Waals surface area (Å²) in [6.07, 6.45) is 2.51. The molecule has 7 heteroatoms. The lowest BCUT2D eigenvalue weighted by atomic mass is 9.84. The minimum absolute atomic E-state index is 0.101. The van der Waals surface area contributed by atoms with E-state index < -0.39 is 17.4 Å². The fraction of sp³-hybridized carbons (Fsp3) is 0.842. The van der Waals surface area contributed by atoms with Crippen molar-refractivity contribution >= 4 is 17.7 Å². The van der Waals surface area contributed by atoms with Gasteiger partial charge in [0.25, 0.3) is 0 Å². The van der Waals surface area contributed by atoms with Crippen LogP contribution in [0.5, 0.6) is 0 Å². The Morgan fingerprint density at radius 3 is 2.04 bits per heavy atom. The van der Waals surface area contributed by atoms with Crippen LogP contribution in [0.2, 0.25) is 0 Å². The molecule has 2 atom stereocenters. The number of nitrogens with two attached hydrogens (primary N) is 1. The number of carbonyl (C=O) groups excluding carboxylic acids is 2. The number of nitrogens with one attached hydrogen (secondary N) is 2. The predicted octanol–water partition coefficient (Wildman–Crippen LogP) is 1.84. The van der Waals surface area contributed by atoms with Crippen molar-refractivity contribution in [3.8, 4) is 0 Å². The predicted molar refractivity (Wildman–Crippen MR) is 103 cm³/mol. The van der Waals surface area contributed by atoms with E-state index >= 15 is 0 Å². The summed E-state index contributed by atoms with van der Waals surface area (Å²) in [7, 11) is 0. The normalized spacial score (nSPS) is 14.6. The number of carboxylic acids is 1. The summed E-state index contributed by atoms with van der Waals surface area (Å²) in [4.78, 5) is 34.9. The molecule has 0 aliphatic heterocycles. The van der Waals surface area contributed by atoms with E-state index in [9.17, 15) is 14.4 Å². The molecule has 0 fully saturated rings. The number of amides is 1. The molecule has 5 N–H and O–H groups in total. The second-order valence-corrected chi connectivity index (χ2v) is 8.89. The summed E-state index contributed by atoms with van der Waals surface area (Å²) in [5, 5.41) is 14.9. The molecule has 0 bridgehead atoms. The van der Waals surface area contributed by atoms with Gasteiger partial charge < -0.3 is 21.5 Å². The first kappa shape index (κ1) is 24.5. The molecule has 152 valence electrons. The summed E-state index contributed by atoms with van der Waals surface area (Å²) in [5.41, 5.74) is 4.82. The first-order chi connectivity index (χ1) is 11.7. The fourth-order valence-electron chi connectivity index (χ4n) is 2.51. The standard InChI is InChI=1S/C19H37N3O4/c1-18(2,3)16(24)14(22-19(4,5)6)9-7-8-12-21-15(23)11-10-13(20)17(25)26/h13-14,22H,7-12,20H2,1-6H3,(H,21,23)(H,25,26)/t13-,14-/m0/s1. The molecule has 0 aromatic carbocycles. The Bertz CT molecular complexity index is 478. The average molecular weight is 372 g/mol. The zero-order valence-corrected chi connectivity index (χ0v) is 17.1. The molecule has 0 heterocycles. The first-order valence-corrected chi connectivity index (χ1v) is 9.31. The molecule has 0 rings (SSSR count). The zero-order chi connectivity index (χ0) is 20.5. The van der Waals surface area contributed by atoms with Crippen molar-refractivity contribution in [3.05, 3.63) is 0 Å². The van der Waals surface area contributed by atoms with Crippen molar-refractivity contribution in [2.45, 2.75) is 91.3 Å². The second-order valence-electron chi connectivity index (χ2n) is 8.89. The molecule has 0 unspecified atom stereocenters. The molecule has 0 saturated heterocycles. The van der Waals surface area contributed by atoms with E-state index in [0.717, 1.165) is 12.8 Å². The highest BCUT2D eigenvalue weighted by atomic mass is 16.4. The van der Waals surface area contributed by atoms with Crippen LogP contribution in [-0.4, -0.2) is 46.9 Å². The molecule has 26 heavy (non-hydrogen) atoms. The van der Waals surface area contributed by atoms with Gasteiger partial charge in [-0.05, 0) is 46.5 Å². The van der Waals surface area contributed by atoms with Gasteiger partial charge in [0.15, 0.2) is 5.78 Å². The number of carbonyl (C=O) groups is 3. The molecule has 0 aromatic heterocycles. The molecule has 0 spiro atoms. The highest BCUT2D eigenvalue weighted by molar-refractivity contribution is 5.88. The molecule has 0 radical (unpaired) electrons. The summed E-state index contributed by atoms with van der Waals surface area (Å²) >= 11 is 0. The van der Waals surface area contributed by atoms with Crippen LogP contribution >= 0.6 is 0 Å². The number of carboxylic acid groups (broad SMARTS) is 1. The third-order valence-electron chi connectivity index (χ3n) is 3.90. The van der Waals surface area contributed by atoms with Gasteiger partial charge in [-0.1, -0.05) is 20.8 Å². The van der Waals surface area contributed by atoms with Gasteiger partial charge in [-0.25, -0.2) is 0 Å². The number of unbranched alkanes of at least 4 members (excludes halogenated alkanes) is 1. The van der Waals surface area contributed by atoms with E-state index in [1.54, 1.807) is 0 Å². The van der Waals surface area contributed by atoms with Crippen LogP contribution in [0.1, 0.15) is 73.6 Å². The molecule has 0 aliphatic rings. The van der Waals surface area contributed by atoms with Gasteiger partial charge in [0.1, 0.15) is 6.04 Å². The SMILES string of the molecule is CC(C)(C)N[C@@H](CCCCNC(=O)CC[C@H](N)C(=O)O)C(=O)C(C)(C)C. The summed E-state index contributed by atoms with van der Waals surface area (Å²) in [6, 6.07) is -1.22. The van der Waals surface area contributed by atoms with Crippen molar-refractivity contribution in [2.75, 3.05) is 6.54 Å². The van der Waals surface area contributed by atoms with Gasteiger partial charge in [0.2, 0.25) is 5.91 Å². The number of ketones is 1. The van der Waals surface area contributed by atoms with Crippen LogP contribution in [0.4, 0.5) is 0 Å². The number of hydrogen-bond acceptors (Lipinski definition) is 5. The van der Waals surface area contributed by atoms with Crippen LogP contribution in [-0.2, 0) is 14.4 Å². The van der Waals surface area contributed by atoms with E-state index in [0.29, 0.717) is 13.0 Å². The number of rotatable bonds is 11. The lowest BCUT2D eigenvalue weighted by Gasteiger charge is -2.31. The molecule has 0 aromatic rings. The Labute approximate surface area is 157 Å². The second kappa shape index (κ2) is 10.6. The lowest BCUT2D eigenvalue weighted by Crippen LogP contribution is -2.50. The van der Waals surface area contributed by atoms with Crippen LogP contribution in [0.15, 0.2) is 0 Å². The Kier molecular flexibility index (Phi) is 10.0. The molecule has 0 aliphatic carbocycles. The van der Waals surface area contributed by atoms with Crippen molar-refractivity contribution < 1.29 is 19.5 Å². The van der Waals surface area contributed by atoms with Gasteiger partial charge in [0.05, 0.1) is 6.04 Å². The maximum absolute atomic E-state index is 12.6. The minimum atomic E-state index is -1.10. The fourth-order valence-corrected chi connectivity index (χ4v) is 2.51. The molecular formula is C19H37N3O4. The summed E-state index contributed by atoms with van der Waals surface area (Å²) in [6.45, 7) is 12.4. The van der Waals surface area contributed by atoms with Gasteiger partial charge in [-0.3, -0.25) is 14.4 Å². The highest BCUT2D eigenvalue weighted by Crippen LogP contribution is 2.21. The van der Waals surface area contributed by atoms with Crippen molar-refractivity contribution in [1.82, 2.24) is 10.6 Å².